The van der Waals surface area contributed by atoms with E-state index in [0.717, 1.165) is 18.2 Å². The van der Waals surface area contributed by atoms with Gasteiger partial charge < -0.3 is 5.11 Å². The fraction of sp³-hybridized carbons (Fsp3) is 0.136. The minimum atomic E-state index is -5.00. The molecule has 9 heteroatoms. The third kappa shape index (κ3) is 4.69. The number of rotatable bonds is 4. The molecule has 0 saturated carbocycles. The number of carboxylic acids is 1. The van der Waals surface area contributed by atoms with Gasteiger partial charge in [-0.1, -0.05) is 66.2 Å². The van der Waals surface area contributed by atoms with Crippen molar-refractivity contribution < 1.29 is 36.2 Å². The second-order valence-electron chi connectivity index (χ2n) is 6.64. The van der Waals surface area contributed by atoms with E-state index >= 15 is 0 Å². The van der Waals surface area contributed by atoms with Gasteiger partial charge in [0.25, 0.3) is 0 Å². The van der Waals surface area contributed by atoms with Crippen molar-refractivity contribution in [3.63, 3.8) is 0 Å². The fourth-order valence-electron chi connectivity index (χ4n) is 3.36. The third-order valence-corrected chi connectivity index (χ3v) is 4.97. The van der Waals surface area contributed by atoms with Crippen molar-refractivity contribution in [1.29, 1.82) is 0 Å². The average Bonchev–Trinajstić information content (AvgIpc) is 2.67. The number of benzene rings is 3. The van der Waals surface area contributed by atoms with Crippen LogP contribution in [-0.4, -0.2) is 11.1 Å². The molecule has 0 heterocycles. The molecule has 1 atom stereocenters. The monoisotopic (exact) mass is 458 g/mol. The summed E-state index contributed by atoms with van der Waals surface area (Å²) in [5.41, 5.74) is -3.60. The third-order valence-electron chi connectivity index (χ3n) is 4.66. The molecule has 1 unspecified atom stereocenters. The maximum Gasteiger partial charge on any atom is 0.417 e. The van der Waals surface area contributed by atoms with Crippen molar-refractivity contribution in [2.45, 2.75) is 18.3 Å². The molecule has 0 saturated heterocycles. The van der Waals surface area contributed by atoms with Gasteiger partial charge in [0.1, 0.15) is 5.92 Å². The van der Waals surface area contributed by atoms with E-state index in [1.165, 1.54) is 30.3 Å². The predicted molar refractivity (Wildman–Crippen MR) is 103 cm³/mol. The largest absolute Gasteiger partial charge is 0.481 e. The summed E-state index contributed by atoms with van der Waals surface area (Å²) < 4.78 is 81.1. The molecule has 0 fully saturated rings. The van der Waals surface area contributed by atoms with E-state index in [0.29, 0.717) is 12.1 Å². The second kappa shape index (κ2) is 8.26. The zero-order valence-corrected chi connectivity index (χ0v) is 16.2. The molecule has 3 aromatic rings. The zero-order valence-electron chi connectivity index (χ0n) is 15.4. The molecule has 162 valence electrons. The van der Waals surface area contributed by atoms with E-state index in [4.69, 9.17) is 11.6 Å². The molecule has 0 aliphatic carbocycles. The first-order valence-corrected chi connectivity index (χ1v) is 9.14. The Balaban J connectivity index is 2.29. The highest BCUT2D eigenvalue weighted by Crippen LogP contribution is 2.45. The Labute approximate surface area is 177 Å². The first kappa shape index (κ1) is 22.7. The van der Waals surface area contributed by atoms with E-state index < -0.39 is 51.5 Å². The van der Waals surface area contributed by atoms with Gasteiger partial charge in [-0.2, -0.15) is 26.3 Å². The lowest BCUT2D eigenvalue weighted by Crippen LogP contribution is -2.20. The molecule has 0 spiro atoms. The summed E-state index contributed by atoms with van der Waals surface area (Å²) in [7, 11) is 0. The summed E-state index contributed by atoms with van der Waals surface area (Å²) >= 11 is 5.92. The molecule has 0 radical (unpaired) electrons. The van der Waals surface area contributed by atoms with Gasteiger partial charge in [-0.3, -0.25) is 4.79 Å². The Morgan fingerprint density at radius 1 is 0.806 bits per heavy atom. The highest BCUT2D eigenvalue weighted by Gasteiger charge is 2.40. The van der Waals surface area contributed by atoms with Crippen LogP contribution in [0, 0.1) is 0 Å². The molecule has 0 bridgehead atoms. The highest BCUT2D eigenvalue weighted by molar-refractivity contribution is 6.33. The van der Waals surface area contributed by atoms with Crippen LogP contribution >= 0.6 is 11.6 Å². The first-order valence-electron chi connectivity index (χ1n) is 8.76. The van der Waals surface area contributed by atoms with Crippen LogP contribution in [0.1, 0.15) is 28.2 Å². The topological polar surface area (TPSA) is 37.3 Å². The van der Waals surface area contributed by atoms with Crippen molar-refractivity contribution in [1.82, 2.24) is 0 Å². The Hall–Kier alpha value is -3.00. The normalized spacial score (nSPS) is 13.1. The van der Waals surface area contributed by atoms with Crippen LogP contribution < -0.4 is 0 Å². The Kier molecular flexibility index (Phi) is 6.04. The first-order chi connectivity index (χ1) is 14.4. The minimum absolute atomic E-state index is 0.121. The van der Waals surface area contributed by atoms with Gasteiger partial charge in [0.05, 0.1) is 11.1 Å². The molecule has 31 heavy (non-hydrogen) atoms. The number of hydrogen-bond donors (Lipinski definition) is 1. The number of hydrogen-bond acceptors (Lipinski definition) is 1. The fourth-order valence-corrected chi connectivity index (χ4v) is 3.64. The summed E-state index contributed by atoms with van der Waals surface area (Å²) in [5, 5.41) is 9.16. The maximum atomic E-state index is 14.1. The van der Waals surface area contributed by atoms with Gasteiger partial charge in [0.2, 0.25) is 0 Å². The van der Waals surface area contributed by atoms with Gasteiger partial charge >= 0.3 is 18.3 Å². The van der Waals surface area contributed by atoms with Crippen LogP contribution in [0.2, 0.25) is 5.02 Å². The number of carbonyl (C=O) groups is 1. The van der Waals surface area contributed by atoms with Crippen LogP contribution in [0.4, 0.5) is 26.3 Å². The number of carboxylic acid groups (broad SMARTS) is 1. The van der Waals surface area contributed by atoms with Crippen LogP contribution in [0.3, 0.4) is 0 Å². The van der Waals surface area contributed by atoms with E-state index in [-0.39, 0.29) is 11.1 Å². The van der Waals surface area contributed by atoms with Crippen LogP contribution in [0.5, 0.6) is 0 Å². The van der Waals surface area contributed by atoms with Crippen molar-refractivity contribution in [3.05, 3.63) is 94.0 Å². The molecule has 0 amide bonds. The highest BCUT2D eigenvalue weighted by atomic mass is 35.5. The lowest BCUT2D eigenvalue weighted by molar-refractivity contribution is -0.141. The Bertz CT molecular complexity index is 1110. The van der Waals surface area contributed by atoms with Crippen LogP contribution in [0.15, 0.2) is 66.7 Å². The second-order valence-corrected chi connectivity index (χ2v) is 7.05. The van der Waals surface area contributed by atoms with Crippen molar-refractivity contribution in [2.75, 3.05) is 0 Å². The quantitative estimate of drug-likeness (QED) is 0.418. The molecular weight excluding hydrogens is 446 g/mol. The van der Waals surface area contributed by atoms with E-state index in [1.807, 2.05) is 0 Å². The van der Waals surface area contributed by atoms with Crippen LogP contribution in [-0.2, 0) is 17.1 Å². The summed E-state index contributed by atoms with van der Waals surface area (Å²) in [6.45, 7) is 0. The molecule has 3 aromatic carbocycles. The zero-order chi connectivity index (χ0) is 23.0. The molecule has 2 nitrogen and oxygen atoms in total. The summed E-state index contributed by atoms with van der Waals surface area (Å²) in [5.74, 6) is -3.15. The molecule has 0 aliphatic heterocycles. The predicted octanol–water partition coefficient (Wildman–Crippen LogP) is 7.26. The van der Waals surface area contributed by atoms with Crippen LogP contribution in [0.25, 0.3) is 11.1 Å². The van der Waals surface area contributed by atoms with Crippen molar-refractivity contribution in [2.24, 2.45) is 0 Å². The molecular formula is C22H13ClF6O2. The average molecular weight is 459 g/mol. The molecule has 0 aliphatic rings. The van der Waals surface area contributed by atoms with Gasteiger partial charge in [-0.25, -0.2) is 0 Å². The van der Waals surface area contributed by atoms with Gasteiger partial charge in [-0.15, -0.1) is 0 Å². The van der Waals surface area contributed by atoms with E-state index in [9.17, 15) is 36.2 Å². The molecule has 1 N–H and O–H groups in total. The smallest absolute Gasteiger partial charge is 0.417 e. The number of alkyl halides is 6. The SMILES string of the molecule is O=C(O)C(c1ccccc1)c1cccc(-c2ccc(C(F)(F)F)cc2Cl)c1C(F)(F)F. The lowest BCUT2D eigenvalue weighted by atomic mass is 9.84. The Morgan fingerprint density at radius 2 is 1.45 bits per heavy atom. The summed E-state index contributed by atoms with van der Waals surface area (Å²) in [4.78, 5) is 11.9. The minimum Gasteiger partial charge on any atom is -0.481 e. The summed E-state index contributed by atoms with van der Waals surface area (Å²) in [6, 6.07) is 12.7. The van der Waals surface area contributed by atoms with Gasteiger partial charge in [0, 0.05) is 10.6 Å². The maximum absolute atomic E-state index is 14.1. The standard InChI is InChI=1S/C22H13ClF6O2/c23-17-11-13(21(24,25)26)9-10-14(17)15-7-4-8-16(19(15)22(27,28)29)18(20(30)31)12-5-2-1-3-6-12/h1-11,18H,(H,30,31). The van der Waals surface area contributed by atoms with E-state index in [2.05, 4.69) is 0 Å². The number of aliphatic carboxylic acids is 1. The van der Waals surface area contributed by atoms with Gasteiger partial charge in [0.15, 0.2) is 0 Å². The molecule has 0 aromatic heterocycles. The van der Waals surface area contributed by atoms with E-state index in [1.54, 1.807) is 6.07 Å². The molecule has 3 rings (SSSR count). The Morgan fingerprint density at radius 3 is 1.97 bits per heavy atom. The summed E-state index contributed by atoms with van der Waals surface area (Å²) in [6.07, 6.45) is -9.72. The van der Waals surface area contributed by atoms with Crippen molar-refractivity contribution >= 4 is 17.6 Å². The van der Waals surface area contributed by atoms with Crippen molar-refractivity contribution in [3.8, 4) is 11.1 Å². The number of halogens is 7. The van der Waals surface area contributed by atoms with Gasteiger partial charge in [-0.05, 0) is 28.8 Å². The lowest BCUT2D eigenvalue weighted by Gasteiger charge is -2.22.